The molecule has 0 bridgehead atoms. The highest BCUT2D eigenvalue weighted by Gasteiger charge is 2.42. The Hall–Kier alpha value is -1.78. The van der Waals surface area contributed by atoms with Crippen LogP contribution in [0.5, 0.6) is 0 Å². The fourth-order valence-corrected chi connectivity index (χ4v) is 1.14. The maximum Gasteiger partial charge on any atom is 0.471 e. The minimum absolute atomic E-state index is 0.115. The lowest BCUT2D eigenvalue weighted by Crippen LogP contribution is -2.42. The number of amides is 1. The molecule has 0 unspecified atom stereocenters. The zero-order valence-electron chi connectivity index (χ0n) is 9.79. The average Bonchev–Trinajstić information content (AvgIpc) is 2.27. The molecule has 0 aromatic carbocycles. The molecule has 0 heterocycles. The van der Waals surface area contributed by atoms with Crippen molar-refractivity contribution < 1.29 is 27.5 Å². The highest BCUT2D eigenvalue weighted by molar-refractivity contribution is 5.82. The van der Waals surface area contributed by atoms with Gasteiger partial charge in [0.25, 0.3) is 0 Å². The van der Waals surface area contributed by atoms with E-state index in [1.54, 1.807) is 13.0 Å². The minimum atomic E-state index is -5.01. The summed E-state index contributed by atoms with van der Waals surface area (Å²) in [6.45, 7) is 0.892. The van der Waals surface area contributed by atoms with E-state index < -0.39 is 24.6 Å². The number of rotatable bonds is 6. The Morgan fingerprint density at radius 1 is 1.33 bits per heavy atom. The molecular weight excluding hydrogens is 253 g/mol. The average molecular weight is 266 g/mol. The molecule has 0 radical (unpaired) electrons. The van der Waals surface area contributed by atoms with E-state index in [-0.39, 0.29) is 26.0 Å². The summed E-state index contributed by atoms with van der Waals surface area (Å²) in [5.41, 5.74) is 0. The quantitative estimate of drug-likeness (QED) is 0.678. The second-order valence-corrected chi connectivity index (χ2v) is 3.25. The molecule has 18 heavy (non-hydrogen) atoms. The fraction of sp³-hybridized carbons (Fsp3) is 0.700. The van der Waals surface area contributed by atoms with Crippen LogP contribution < -0.4 is 0 Å². The van der Waals surface area contributed by atoms with E-state index in [1.807, 2.05) is 0 Å². The first kappa shape index (κ1) is 16.2. The molecule has 0 saturated carbocycles. The van der Waals surface area contributed by atoms with Crippen molar-refractivity contribution in [2.45, 2.75) is 25.9 Å². The van der Waals surface area contributed by atoms with Crippen molar-refractivity contribution in [2.75, 3.05) is 19.7 Å². The monoisotopic (exact) mass is 266 g/mol. The van der Waals surface area contributed by atoms with E-state index >= 15 is 0 Å². The lowest BCUT2D eigenvalue weighted by molar-refractivity contribution is -0.185. The van der Waals surface area contributed by atoms with Gasteiger partial charge in [0.1, 0.15) is 0 Å². The van der Waals surface area contributed by atoms with Crippen LogP contribution in [0.2, 0.25) is 0 Å². The third-order valence-corrected chi connectivity index (χ3v) is 1.91. The van der Waals surface area contributed by atoms with Crippen molar-refractivity contribution in [1.82, 2.24) is 4.90 Å². The molecule has 0 aliphatic heterocycles. The summed E-state index contributed by atoms with van der Waals surface area (Å²) >= 11 is 0. The summed E-state index contributed by atoms with van der Waals surface area (Å²) in [5.74, 6) is -2.74. The van der Waals surface area contributed by atoms with Crippen LogP contribution in [0.1, 0.15) is 19.8 Å². The van der Waals surface area contributed by atoms with Gasteiger partial charge in [-0.2, -0.15) is 18.4 Å². The third kappa shape index (κ3) is 6.08. The predicted molar refractivity (Wildman–Crippen MR) is 54.1 cm³/mol. The zero-order chi connectivity index (χ0) is 14.2. The molecule has 0 aromatic rings. The van der Waals surface area contributed by atoms with Crippen LogP contribution in [0.25, 0.3) is 0 Å². The van der Waals surface area contributed by atoms with E-state index in [0.29, 0.717) is 4.90 Å². The van der Waals surface area contributed by atoms with Crippen LogP contribution >= 0.6 is 0 Å². The first-order valence-corrected chi connectivity index (χ1v) is 5.21. The van der Waals surface area contributed by atoms with Gasteiger partial charge < -0.3 is 9.64 Å². The molecule has 0 rings (SSSR count). The largest absolute Gasteiger partial charge is 0.471 e. The maximum atomic E-state index is 12.2. The summed E-state index contributed by atoms with van der Waals surface area (Å²) < 4.78 is 41.2. The number of alkyl halides is 3. The number of hydrogen-bond donors (Lipinski definition) is 0. The Balaban J connectivity index is 4.46. The number of carbonyl (C=O) groups excluding carboxylic acids is 2. The van der Waals surface area contributed by atoms with Gasteiger partial charge in [0.15, 0.2) is 0 Å². The fourth-order valence-electron chi connectivity index (χ4n) is 1.14. The van der Waals surface area contributed by atoms with E-state index in [1.165, 1.54) is 0 Å². The smallest absolute Gasteiger partial charge is 0.466 e. The zero-order valence-corrected chi connectivity index (χ0v) is 9.79. The van der Waals surface area contributed by atoms with Gasteiger partial charge in [0, 0.05) is 13.1 Å². The first-order chi connectivity index (χ1) is 8.32. The van der Waals surface area contributed by atoms with E-state index in [9.17, 15) is 22.8 Å². The molecule has 0 spiro atoms. The van der Waals surface area contributed by atoms with Crippen LogP contribution in [0.15, 0.2) is 0 Å². The molecule has 5 nitrogen and oxygen atoms in total. The number of carbonyl (C=O) groups is 2. The third-order valence-electron chi connectivity index (χ3n) is 1.91. The molecule has 0 atom stereocenters. The first-order valence-electron chi connectivity index (χ1n) is 5.21. The van der Waals surface area contributed by atoms with Gasteiger partial charge in [-0.1, -0.05) is 0 Å². The predicted octanol–water partition coefficient (Wildman–Crippen LogP) is 1.24. The molecule has 8 heteroatoms. The van der Waals surface area contributed by atoms with Crippen molar-refractivity contribution >= 4 is 11.9 Å². The van der Waals surface area contributed by atoms with Crippen molar-refractivity contribution in [3.05, 3.63) is 0 Å². The van der Waals surface area contributed by atoms with E-state index in [2.05, 4.69) is 4.74 Å². The van der Waals surface area contributed by atoms with Gasteiger partial charge in [0.2, 0.25) is 0 Å². The van der Waals surface area contributed by atoms with Crippen molar-refractivity contribution in [3.63, 3.8) is 0 Å². The van der Waals surface area contributed by atoms with Gasteiger partial charge in [-0.05, 0) is 6.92 Å². The molecule has 1 amide bonds. The number of nitriles is 1. The van der Waals surface area contributed by atoms with Gasteiger partial charge in [-0.15, -0.1) is 0 Å². The Morgan fingerprint density at radius 3 is 2.39 bits per heavy atom. The lowest BCUT2D eigenvalue weighted by atomic mass is 10.3. The second-order valence-electron chi connectivity index (χ2n) is 3.25. The number of hydrogen-bond acceptors (Lipinski definition) is 4. The normalized spacial score (nSPS) is 10.6. The topological polar surface area (TPSA) is 70.4 Å². The minimum Gasteiger partial charge on any atom is -0.466 e. The van der Waals surface area contributed by atoms with Crippen LogP contribution in [-0.2, 0) is 14.3 Å². The summed E-state index contributed by atoms with van der Waals surface area (Å²) in [7, 11) is 0. The Morgan fingerprint density at radius 2 is 1.94 bits per heavy atom. The maximum absolute atomic E-state index is 12.2. The highest BCUT2D eigenvalue weighted by atomic mass is 19.4. The summed E-state index contributed by atoms with van der Waals surface area (Å²) in [4.78, 5) is 22.4. The lowest BCUT2D eigenvalue weighted by Gasteiger charge is -2.22. The summed E-state index contributed by atoms with van der Waals surface area (Å²) in [6, 6.07) is 1.64. The van der Waals surface area contributed by atoms with Gasteiger partial charge >= 0.3 is 18.1 Å². The molecule has 0 fully saturated rings. The van der Waals surface area contributed by atoms with Gasteiger partial charge in [-0.25, -0.2) is 0 Å². The van der Waals surface area contributed by atoms with Crippen LogP contribution in [-0.4, -0.2) is 42.6 Å². The van der Waals surface area contributed by atoms with Crippen LogP contribution in [0, 0.1) is 11.3 Å². The Kier molecular flexibility index (Phi) is 6.78. The summed E-state index contributed by atoms with van der Waals surface area (Å²) in [5, 5.41) is 8.30. The number of esters is 1. The molecule has 0 aromatic heterocycles. The van der Waals surface area contributed by atoms with Crippen molar-refractivity contribution in [2.24, 2.45) is 0 Å². The Bertz CT molecular complexity index is 336. The van der Waals surface area contributed by atoms with E-state index in [4.69, 9.17) is 5.26 Å². The van der Waals surface area contributed by atoms with E-state index in [0.717, 1.165) is 0 Å². The molecule has 102 valence electrons. The van der Waals surface area contributed by atoms with Gasteiger partial charge in [0.05, 0.1) is 25.5 Å². The standard InChI is InChI=1S/C10H13F3N2O3/c1-2-18-8(16)4-7-15(6-3-5-14)9(17)10(11,12)13/h2-4,6-7H2,1H3. The van der Waals surface area contributed by atoms with Crippen LogP contribution in [0.3, 0.4) is 0 Å². The molecule has 0 saturated heterocycles. The highest BCUT2D eigenvalue weighted by Crippen LogP contribution is 2.18. The molecule has 0 N–H and O–H groups in total. The Labute approximate surface area is 102 Å². The SMILES string of the molecule is CCOC(=O)CCN(CCC#N)C(=O)C(F)(F)F. The van der Waals surface area contributed by atoms with Gasteiger partial charge in [-0.3, -0.25) is 9.59 Å². The molecule has 0 aliphatic carbocycles. The number of ether oxygens (including phenoxy) is 1. The molecular formula is C10H13F3N2O3. The number of nitrogens with zero attached hydrogens (tertiary/aromatic N) is 2. The second kappa shape index (κ2) is 7.53. The molecule has 0 aliphatic rings. The van der Waals surface area contributed by atoms with Crippen LogP contribution in [0.4, 0.5) is 13.2 Å². The van der Waals surface area contributed by atoms with Crippen molar-refractivity contribution in [1.29, 1.82) is 5.26 Å². The van der Waals surface area contributed by atoms with Crippen molar-refractivity contribution in [3.8, 4) is 6.07 Å². The summed E-state index contributed by atoms with van der Waals surface area (Å²) in [6.07, 6.45) is -5.57. The number of halogens is 3.